The molecule has 0 N–H and O–H groups in total. The summed E-state index contributed by atoms with van der Waals surface area (Å²) in [7, 11) is 0. The Hall–Kier alpha value is -1.95. The van der Waals surface area contributed by atoms with E-state index in [2.05, 4.69) is 23.0 Å². The Bertz CT molecular complexity index is 540. The van der Waals surface area contributed by atoms with Crippen LogP contribution in [-0.2, 0) is 4.79 Å². The van der Waals surface area contributed by atoms with Gasteiger partial charge < -0.3 is 9.80 Å². The van der Waals surface area contributed by atoms with Gasteiger partial charge in [-0.25, -0.2) is 0 Å². The molecule has 0 spiro atoms. The lowest BCUT2D eigenvalue weighted by molar-refractivity contribution is -0.117. The highest BCUT2D eigenvalue weighted by Crippen LogP contribution is 2.29. The molecule has 3 nitrogen and oxygen atoms in total. The Morgan fingerprint density at radius 3 is 2.60 bits per heavy atom. The van der Waals surface area contributed by atoms with Crippen molar-refractivity contribution >= 4 is 17.3 Å². The average Bonchev–Trinajstić information content (AvgIpc) is 2.89. The van der Waals surface area contributed by atoms with Crippen molar-refractivity contribution in [3.05, 3.63) is 24.3 Å². The van der Waals surface area contributed by atoms with Crippen molar-refractivity contribution in [2.24, 2.45) is 5.92 Å². The van der Waals surface area contributed by atoms with E-state index in [4.69, 9.17) is 6.42 Å². The fourth-order valence-corrected chi connectivity index (χ4v) is 3.08. The second-order valence-corrected chi connectivity index (χ2v) is 5.64. The zero-order valence-electron chi connectivity index (χ0n) is 11.7. The summed E-state index contributed by atoms with van der Waals surface area (Å²) < 4.78 is 0. The summed E-state index contributed by atoms with van der Waals surface area (Å²) >= 11 is 0. The maximum atomic E-state index is 12.0. The molecule has 3 heteroatoms. The van der Waals surface area contributed by atoms with Crippen LogP contribution in [0.2, 0.25) is 0 Å². The van der Waals surface area contributed by atoms with Crippen LogP contribution >= 0.6 is 0 Å². The van der Waals surface area contributed by atoms with Gasteiger partial charge in [0.25, 0.3) is 0 Å². The van der Waals surface area contributed by atoms with Gasteiger partial charge in [0.15, 0.2) is 0 Å². The zero-order chi connectivity index (χ0) is 13.9. The first kappa shape index (κ1) is 13.1. The quantitative estimate of drug-likeness (QED) is 0.770. The second-order valence-electron chi connectivity index (χ2n) is 5.64. The lowest BCUT2D eigenvalue weighted by Gasteiger charge is -2.29. The molecule has 0 saturated carbocycles. The molecule has 1 unspecified atom stereocenters. The van der Waals surface area contributed by atoms with E-state index in [0.717, 1.165) is 18.8 Å². The van der Waals surface area contributed by atoms with Crippen molar-refractivity contribution in [3.8, 4) is 12.3 Å². The van der Waals surface area contributed by atoms with Gasteiger partial charge in [0, 0.05) is 43.3 Å². The van der Waals surface area contributed by atoms with Crippen molar-refractivity contribution < 1.29 is 4.79 Å². The SMILES string of the molecule is C#CC1CC(=O)N(c2cccc(N3CCCCC3)c2)C1. The molecule has 3 rings (SSSR count). The van der Waals surface area contributed by atoms with Gasteiger partial charge in [-0.2, -0.15) is 0 Å². The predicted molar refractivity (Wildman–Crippen MR) is 81.8 cm³/mol. The van der Waals surface area contributed by atoms with E-state index in [1.807, 2.05) is 17.0 Å². The number of carbonyl (C=O) groups excluding carboxylic acids is 1. The Morgan fingerprint density at radius 1 is 1.15 bits per heavy atom. The van der Waals surface area contributed by atoms with Crippen molar-refractivity contribution in [3.63, 3.8) is 0 Å². The third-order valence-corrected chi connectivity index (χ3v) is 4.22. The molecule has 20 heavy (non-hydrogen) atoms. The highest BCUT2D eigenvalue weighted by Gasteiger charge is 2.29. The normalized spacial score (nSPS) is 22.9. The van der Waals surface area contributed by atoms with Crippen LogP contribution in [0, 0.1) is 18.3 Å². The third kappa shape index (κ3) is 2.51. The number of anilines is 2. The number of hydrogen-bond acceptors (Lipinski definition) is 2. The van der Waals surface area contributed by atoms with Crippen LogP contribution in [0.25, 0.3) is 0 Å². The molecule has 2 saturated heterocycles. The van der Waals surface area contributed by atoms with E-state index in [-0.39, 0.29) is 11.8 Å². The Morgan fingerprint density at radius 2 is 1.90 bits per heavy atom. The van der Waals surface area contributed by atoms with Crippen molar-refractivity contribution in [2.45, 2.75) is 25.7 Å². The average molecular weight is 268 g/mol. The molecule has 104 valence electrons. The minimum Gasteiger partial charge on any atom is -0.371 e. The molecule has 2 aliphatic heterocycles. The highest BCUT2D eigenvalue weighted by molar-refractivity contribution is 5.96. The van der Waals surface area contributed by atoms with E-state index in [9.17, 15) is 4.79 Å². The molecular weight excluding hydrogens is 248 g/mol. The summed E-state index contributed by atoms with van der Waals surface area (Å²) in [6, 6.07) is 8.30. The fourth-order valence-electron chi connectivity index (χ4n) is 3.08. The third-order valence-electron chi connectivity index (χ3n) is 4.22. The lowest BCUT2D eigenvalue weighted by atomic mass is 10.1. The number of piperidine rings is 1. The molecular formula is C17H20N2O. The number of amides is 1. The van der Waals surface area contributed by atoms with Gasteiger partial charge in [0.1, 0.15) is 0 Å². The van der Waals surface area contributed by atoms with E-state index in [0.29, 0.717) is 13.0 Å². The second kappa shape index (κ2) is 5.58. The lowest BCUT2D eigenvalue weighted by Crippen LogP contribution is -2.30. The number of nitrogens with zero attached hydrogens (tertiary/aromatic N) is 2. The predicted octanol–water partition coefficient (Wildman–Crippen LogP) is 2.66. The Balaban J connectivity index is 1.81. The topological polar surface area (TPSA) is 23.6 Å². The first-order valence-corrected chi connectivity index (χ1v) is 7.39. The van der Waals surface area contributed by atoms with Crippen LogP contribution in [0.4, 0.5) is 11.4 Å². The maximum absolute atomic E-state index is 12.0. The van der Waals surface area contributed by atoms with Crippen LogP contribution in [0.3, 0.4) is 0 Å². The van der Waals surface area contributed by atoms with Gasteiger partial charge >= 0.3 is 0 Å². The number of benzene rings is 1. The smallest absolute Gasteiger partial charge is 0.228 e. The Labute approximate surface area is 120 Å². The molecule has 2 heterocycles. The molecule has 0 aromatic heterocycles. The first-order valence-electron chi connectivity index (χ1n) is 7.39. The fraction of sp³-hybridized carbons (Fsp3) is 0.471. The molecule has 0 bridgehead atoms. The summed E-state index contributed by atoms with van der Waals surface area (Å²) in [5, 5.41) is 0. The molecule has 1 atom stereocenters. The molecule has 1 aromatic rings. The van der Waals surface area contributed by atoms with Gasteiger partial charge in [-0.3, -0.25) is 4.79 Å². The molecule has 0 radical (unpaired) electrons. The van der Waals surface area contributed by atoms with Crippen LogP contribution < -0.4 is 9.80 Å². The van der Waals surface area contributed by atoms with Crippen LogP contribution in [0.1, 0.15) is 25.7 Å². The minimum absolute atomic E-state index is 0.0566. The number of terminal acetylenes is 1. The van der Waals surface area contributed by atoms with Gasteiger partial charge in [-0.05, 0) is 37.5 Å². The van der Waals surface area contributed by atoms with E-state index in [1.54, 1.807) is 0 Å². The molecule has 1 amide bonds. The maximum Gasteiger partial charge on any atom is 0.228 e. The molecule has 2 aliphatic rings. The van der Waals surface area contributed by atoms with Gasteiger partial charge in [0.05, 0.1) is 0 Å². The van der Waals surface area contributed by atoms with E-state index < -0.39 is 0 Å². The highest BCUT2D eigenvalue weighted by atomic mass is 16.2. The van der Waals surface area contributed by atoms with Gasteiger partial charge in [-0.1, -0.05) is 6.07 Å². The largest absolute Gasteiger partial charge is 0.371 e. The molecule has 2 fully saturated rings. The summed E-state index contributed by atoms with van der Waals surface area (Å²) in [6.45, 7) is 2.88. The number of hydrogen-bond donors (Lipinski definition) is 0. The van der Waals surface area contributed by atoms with E-state index in [1.165, 1.54) is 24.9 Å². The number of rotatable bonds is 2. The Kier molecular flexibility index (Phi) is 3.64. The zero-order valence-corrected chi connectivity index (χ0v) is 11.7. The first-order chi connectivity index (χ1) is 9.78. The van der Waals surface area contributed by atoms with Gasteiger partial charge in [-0.15, -0.1) is 12.3 Å². The summed E-state index contributed by atoms with van der Waals surface area (Å²) in [5.41, 5.74) is 2.20. The standard InChI is InChI=1S/C17H20N2O/c1-2-14-11-17(20)19(13-14)16-8-6-7-15(12-16)18-9-4-3-5-10-18/h1,6-8,12,14H,3-5,9-11,13H2. The molecule has 1 aromatic carbocycles. The van der Waals surface area contributed by atoms with Crippen molar-refractivity contribution in [1.82, 2.24) is 0 Å². The summed E-state index contributed by atoms with van der Waals surface area (Å²) in [5.74, 6) is 2.90. The van der Waals surface area contributed by atoms with Crippen LogP contribution in [0.15, 0.2) is 24.3 Å². The van der Waals surface area contributed by atoms with E-state index >= 15 is 0 Å². The molecule has 0 aliphatic carbocycles. The van der Waals surface area contributed by atoms with Crippen LogP contribution in [-0.4, -0.2) is 25.5 Å². The monoisotopic (exact) mass is 268 g/mol. The summed E-state index contributed by atoms with van der Waals surface area (Å²) in [6.07, 6.45) is 9.76. The minimum atomic E-state index is 0.0566. The van der Waals surface area contributed by atoms with Crippen LogP contribution in [0.5, 0.6) is 0 Å². The van der Waals surface area contributed by atoms with Crippen molar-refractivity contribution in [1.29, 1.82) is 0 Å². The summed E-state index contributed by atoms with van der Waals surface area (Å²) in [4.78, 5) is 16.3. The number of carbonyl (C=O) groups is 1. The van der Waals surface area contributed by atoms with Crippen molar-refractivity contribution in [2.75, 3.05) is 29.4 Å². The van der Waals surface area contributed by atoms with Gasteiger partial charge in [0.2, 0.25) is 5.91 Å².